The number of carbonyl (C=O) groups is 2. The second-order valence-corrected chi connectivity index (χ2v) is 4.65. The molecule has 0 spiro atoms. The minimum atomic E-state index is -0.715. The third kappa shape index (κ3) is 14.0. The number of unbranched alkanes of at least 4 members (excludes halogenated alkanes) is 6. The van der Waals surface area contributed by atoms with E-state index in [2.05, 4.69) is 0 Å². The summed E-state index contributed by atoms with van der Waals surface area (Å²) >= 11 is 0. The molecule has 0 aliphatic rings. The van der Waals surface area contributed by atoms with Crippen molar-refractivity contribution < 1.29 is 19.8 Å². The monoisotopic (exact) mass is 268 g/mol. The summed E-state index contributed by atoms with van der Waals surface area (Å²) in [5.74, 6) is -1.66. The van der Waals surface area contributed by atoms with Gasteiger partial charge in [-0.1, -0.05) is 45.4 Å². The Hall–Kier alpha value is -0.0600. The molecule has 0 rings (SSSR count). The molecule has 2 N–H and O–H groups in total. The molecule has 5 heteroatoms. The molecule has 102 valence electrons. The normalized spacial score (nSPS) is 11.6. The van der Waals surface area contributed by atoms with E-state index in [-0.39, 0.29) is 41.9 Å². The molecule has 0 fully saturated rings. The quantitative estimate of drug-likeness (QED) is 0.446. The Labute approximate surface area is 131 Å². The van der Waals surface area contributed by atoms with Crippen molar-refractivity contribution in [3.8, 4) is 0 Å². The van der Waals surface area contributed by atoms with Crippen molar-refractivity contribution in [1.29, 1.82) is 0 Å². The van der Waals surface area contributed by atoms with Gasteiger partial charge in [0, 0.05) is 6.42 Å². The molecule has 0 saturated carbocycles. The Morgan fingerprint density at radius 1 is 0.889 bits per heavy atom. The molecular weight excluding hydrogens is 243 g/mol. The number of aliphatic carboxylic acids is 2. The molecule has 0 bridgehead atoms. The second-order valence-electron chi connectivity index (χ2n) is 4.65. The predicted octanol–water partition coefficient (Wildman–Crippen LogP) is 2.65. The van der Waals surface area contributed by atoms with Gasteiger partial charge in [-0.2, -0.15) is 0 Å². The zero-order valence-corrected chi connectivity index (χ0v) is 10.7. The van der Waals surface area contributed by atoms with Crippen molar-refractivity contribution in [2.75, 3.05) is 0 Å². The molecular formula is C13H25NaO4. The molecule has 4 nitrogen and oxygen atoms in total. The van der Waals surface area contributed by atoms with Crippen molar-refractivity contribution in [3.63, 3.8) is 0 Å². The molecule has 0 aromatic rings. The summed E-state index contributed by atoms with van der Waals surface area (Å²) in [6.07, 6.45) is 8.18. The van der Waals surface area contributed by atoms with Gasteiger partial charge in [-0.25, -0.2) is 0 Å². The van der Waals surface area contributed by atoms with Crippen LogP contribution in [-0.4, -0.2) is 51.7 Å². The van der Waals surface area contributed by atoms with E-state index in [1.807, 2.05) is 0 Å². The average Bonchev–Trinajstić information content (AvgIpc) is 2.25. The van der Waals surface area contributed by atoms with Crippen molar-refractivity contribution in [1.82, 2.24) is 0 Å². The standard InChI is InChI=1S/C13H24O4.Na.H/c1-11(13(16)17)9-7-5-3-2-4-6-8-10-12(14)15;;/h11H,2-10H2,1H3,(H,14,15)(H,16,17);;. The van der Waals surface area contributed by atoms with Crippen LogP contribution in [0.25, 0.3) is 0 Å². The fraction of sp³-hybridized carbons (Fsp3) is 0.846. The van der Waals surface area contributed by atoms with Gasteiger partial charge in [0.15, 0.2) is 0 Å². The van der Waals surface area contributed by atoms with Gasteiger partial charge in [0.1, 0.15) is 0 Å². The van der Waals surface area contributed by atoms with Crippen LogP contribution in [0.15, 0.2) is 0 Å². The molecule has 0 heterocycles. The zero-order chi connectivity index (χ0) is 13.1. The van der Waals surface area contributed by atoms with E-state index < -0.39 is 11.9 Å². The zero-order valence-electron chi connectivity index (χ0n) is 10.7. The van der Waals surface area contributed by atoms with Gasteiger partial charge in [0.05, 0.1) is 5.92 Å². The van der Waals surface area contributed by atoms with Gasteiger partial charge in [-0.3, -0.25) is 9.59 Å². The van der Waals surface area contributed by atoms with Crippen LogP contribution in [-0.2, 0) is 9.59 Å². The van der Waals surface area contributed by atoms with Gasteiger partial charge in [-0.15, -0.1) is 0 Å². The van der Waals surface area contributed by atoms with Crippen LogP contribution in [0.5, 0.6) is 0 Å². The molecule has 1 atom stereocenters. The molecule has 0 radical (unpaired) electrons. The minimum absolute atomic E-state index is 0. The van der Waals surface area contributed by atoms with Crippen molar-refractivity contribution in [2.24, 2.45) is 5.92 Å². The van der Waals surface area contributed by atoms with Crippen molar-refractivity contribution >= 4 is 41.5 Å². The van der Waals surface area contributed by atoms with Crippen LogP contribution in [0, 0.1) is 5.92 Å². The molecule has 0 saturated heterocycles. The maximum atomic E-state index is 10.5. The van der Waals surface area contributed by atoms with E-state index >= 15 is 0 Å². The number of carboxylic acid groups (broad SMARTS) is 2. The fourth-order valence-corrected chi connectivity index (χ4v) is 1.73. The van der Waals surface area contributed by atoms with Crippen LogP contribution < -0.4 is 0 Å². The molecule has 18 heavy (non-hydrogen) atoms. The molecule has 0 amide bonds. The van der Waals surface area contributed by atoms with Crippen LogP contribution in [0.3, 0.4) is 0 Å². The second kappa shape index (κ2) is 13.4. The fourth-order valence-electron chi connectivity index (χ4n) is 1.73. The topological polar surface area (TPSA) is 74.6 Å². The first kappa shape index (κ1) is 20.3. The van der Waals surface area contributed by atoms with Gasteiger partial charge in [0.25, 0.3) is 0 Å². The Kier molecular flexibility index (Phi) is 15.1. The van der Waals surface area contributed by atoms with Gasteiger partial charge in [-0.05, 0) is 12.8 Å². The van der Waals surface area contributed by atoms with E-state index in [0.717, 1.165) is 51.4 Å². The summed E-state index contributed by atoms with van der Waals surface area (Å²) < 4.78 is 0. The summed E-state index contributed by atoms with van der Waals surface area (Å²) in [4.78, 5) is 20.8. The van der Waals surface area contributed by atoms with E-state index in [1.54, 1.807) is 6.92 Å². The Balaban J connectivity index is 0. The first-order chi connectivity index (χ1) is 8.04. The van der Waals surface area contributed by atoms with Crippen LogP contribution >= 0.6 is 0 Å². The number of rotatable bonds is 11. The van der Waals surface area contributed by atoms with Crippen molar-refractivity contribution in [2.45, 2.75) is 64.7 Å². The molecule has 0 aliphatic heterocycles. The first-order valence-corrected chi connectivity index (χ1v) is 6.48. The average molecular weight is 268 g/mol. The third-order valence-electron chi connectivity index (χ3n) is 2.95. The third-order valence-corrected chi connectivity index (χ3v) is 2.95. The summed E-state index contributed by atoms with van der Waals surface area (Å²) in [6.45, 7) is 1.74. The summed E-state index contributed by atoms with van der Waals surface area (Å²) in [6, 6.07) is 0. The Morgan fingerprint density at radius 2 is 1.33 bits per heavy atom. The van der Waals surface area contributed by atoms with Crippen molar-refractivity contribution in [3.05, 3.63) is 0 Å². The van der Waals surface area contributed by atoms with Crippen LogP contribution in [0.2, 0.25) is 0 Å². The first-order valence-electron chi connectivity index (χ1n) is 6.48. The van der Waals surface area contributed by atoms with Crippen LogP contribution in [0.1, 0.15) is 64.7 Å². The molecule has 1 unspecified atom stereocenters. The predicted molar refractivity (Wildman–Crippen MR) is 73.1 cm³/mol. The van der Waals surface area contributed by atoms with E-state index in [1.165, 1.54) is 0 Å². The van der Waals surface area contributed by atoms with E-state index in [4.69, 9.17) is 10.2 Å². The Morgan fingerprint density at radius 3 is 1.78 bits per heavy atom. The molecule has 0 aromatic heterocycles. The number of hydrogen-bond donors (Lipinski definition) is 2. The van der Waals surface area contributed by atoms with Gasteiger partial charge in [0.2, 0.25) is 0 Å². The maximum absolute atomic E-state index is 10.5. The summed E-state index contributed by atoms with van der Waals surface area (Å²) in [5, 5.41) is 17.1. The van der Waals surface area contributed by atoms with Gasteiger partial charge < -0.3 is 10.2 Å². The van der Waals surface area contributed by atoms with Crippen LogP contribution in [0.4, 0.5) is 0 Å². The Bertz CT molecular complexity index is 231. The van der Waals surface area contributed by atoms with Gasteiger partial charge >= 0.3 is 41.5 Å². The number of carboxylic acids is 2. The summed E-state index contributed by atoms with van der Waals surface area (Å²) in [7, 11) is 0. The number of hydrogen-bond acceptors (Lipinski definition) is 2. The SMILES string of the molecule is CC(CCCCCCCCCC(=O)O)C(=O)O.[NaH]. The molecule has 0 aromatic carbocycles. The van der Waals surface area contributed by atoms with E-state index in [9.17, 15) is 9.59 Å². The molecule has 0 aliphatic carbocycles. The van der Waals surface area contributed by atoms with E-state index in [0.29, 0.717) is 0 Å². The summed E-state index contributed by atoms with van der Waals surface area (Å²) in [5.41, 5.74) is 0.